The van der Waals surface area contributed by atoms with Crippen LogP contribution in [0.2, 0.25) is 0 Å². The lowest BCUT2D eigenvalue weighted by Crippen LogP contribution is -2.52. The largest absolute Gasteiger partial charge is 0.434 e. The number of alkyl halides is 5. The van der Waals surface area contributed by atoms with Crippen molar-refractivity contribution in [2.45, 2.75) is 37.1 Å². The normalized spacial score (nSPS) is 14.0. The fraction of sp³-hybridized carbons (Fsp3) is 0.545. The maximum absolute atomic E-state index is 12.6. The van der Waals surface area contributed by atoms with E-state index in [0.717, 1.165) is 0 Å². The molecule has 0 spiro atoms. The van der Waals surface area contributed by atoms with Crippen LogP contribution < -0.4 is 0 Å². The monoisotopic (exact) mass is 335 g/mol. The van der Waals surface area contributed by atoms with Crippen molar-refractivity contribution in [3.05, 3.63) is 30.6 Å². The van der Waals surface area contributed by atoms with Gasteiger partial charge < -0.3 is 0 Å². The third-order valence-electron chi connectivity index (χ3n) is 2.21. The van der Waals surface area contributed by atoms with Gasteiger partial charge in [-0.25, -0.2) is 4.39 Å². The van der Waals surface area contributed by atoms with Gasteiger partial charge in [0.1, 0.15) is 0 Å². The second kappa shape index (κ2) is 7.64. The van der Waals surface area contributed by atoms with Gasteiger partial charge in [0.15, 0.2) is 6.17 Å². The minimum absolute atomic E-state index is 0.168. The zero-order valence-corrected chi connectivity index (χ0v) is 11.7. The Labute approximate surface area is 118 Å². The van der Waals surface area contributed by atoms with E-state index in [4.69, 9.17) is 4.55 Å². The number of halogens is 5. The van der Waals surface area contributed by atoms with E-state index in [1.165, 1.54) is 6.92 Å². The van der Waals surface area contributed by atoms with Gasteiger partial charge in [-0.05, 0) is 18.6 Å². The molecule has 1 atom stereocenters. The molecule has 1 heterocycles. The minimum atomic E-state index is -6.35. The number of hydrogen-bond donors (Lipinski definition) is 1. The van der Waals surface area contributed by atoms with Crippen molar-refractivity contribution >= 4 is 10.1 Å². The van der Waals surface area contributed by atoms with Crippen molar-refractivity contribution in [2.24, 2.45) is 0 Å². The molecule has 0 saturated heterocycles. The van der Waals surface area contributed by atoms with Gasteiger partial charge in [-0.1, -0.05) is 19.4 Å². The predicted octanol–water partition coefficient (Wildman–Crippen LogP) is 3.32. The SMILES string of the molecule is CCCC(F)C(F)(F)C(F)(F)S(=O)(=O)O.c1ccncc1. The molecule has 0 aliphatic rings. The van der Waals surface area contributed by atoms with Crippen LogP contribution in [-0.2, 0) is 10.1 Å². The molecule has 0 amide bonds. The Hall–Kier alpha value is -1.29. The minimum Gasteiger partial charge on any atom is -0.281 e. The van der Waals surface area contributed by atoms with E-state index in [0.29, 0.717) is 0 Å². The van der Waals surface area contributed by atoms with Crippen molar-refractivity contribution in [3.63, 3.8) is 0 Å². The van der Waals surface area contributed by atoms with Crippen molar-refractivity contribution in [1.29, 1.82) is 0 Å². The molecular weight excluding hydrogens is 321 g/mol. The number of rotatable bonds is 5. The zero-order chi connectivity index (χ0) is 16.7. The first-order valence-corrected chi connectivity index (χ1v) is 7.14. The summed E-state index contributed by atoms with van der Waals surface area (Å²) in [6.45, 7) is 1.26. The van der Waals surface area contributed by atoms with Crippen LogP contribution in [0, 0.1) is 0 Å². The highest BCUT2D eigenvalue weighted by atomic mass is 32.2. The number of aromatic nitrogens is 1. The van der Waals surface area contributed by atoms with Crippen LogP contribution in [0.4, 0.5) is 22.0 Å². The molecule has 1 N–H and O–H groups in total. The summed E-state index contributed by atoms with van der Waals surface area (Å²) >= 11 is 0. The highest BCUT2D eigenvalue weighted by Gasteiger charge is 2.69. The van der Waals surface area contributed by atoms with E-state index in [-0.39, 0.29) is 6.42 Å². The number of hydrogen-bond acceptors (Lipinski definition) is 3. The van der Waals surface area contributed by atoms with E-state index < -0.39 is 33.9 Å². The molecule has 122 valence electrons. The third kappa shape index (κ3) is 5.20. The molecule has 1 aromatic heterocycles. The van der Waals surface area contributed by atoms with Crippen LogP contribution in [0.5, 0.6) is 0 Å². The lowest BCUT2D eigenvalue weighted by molar-refractivity contribution is -0.198. The Morgan fingerprint density at radius 1 is 1.14 bits per heavy atom. The number of nitrogens with zero attached hydrogens (tertiary/aromatic N) is 1. The van der Waals surface area contributed by atoms with Crippen LogP contribution in [0.1, 0.15) is 19.8 Å². The summed E-state index contributed by atoms with van der Waals surface area (Å²) in [7, 11) is -6.35. The number of pyridine rings is 1. The van der Waals surface area contributed by atoms with Gasteiger partial charge in [0.25, 0.3) is 0 Å². The van der Waals surface area contributed by atoms with Gasteiger partial charge in [0, 0.05) is 12.4 Å². The summed E-state index contributed by atoms with van der Waals surface area (Å²) in [5, 5.41) is -5.82. The zero-order valence-electron chi connectivity index (χ0n) is 10.9. The van der Waals surface area contributed by atoms with Crippen molar-refractivity contribution in [2.75, 3.05) is 0 Å². The molecule has 0 aliphatic heterocycles. The van der Waals surface area contributed by atoms with Crippen LogP contribution in [0.25, 0.3) is 0 Å². The van der Waals surface area contributed by atoms with Gasteiger partial charge in [-0.2, -0.15) is 26.0 Å². The summed E-state index contributed by atoms with van der Waals surface area (Å²) in [5.74, 6) is -5.45. The smallest absolute Gasteiger partial charge is 0.281 e. The topological polar surface area (TPSA) is 67.3 Å². The molecule has 0 aliphatic carbocycles. The second-order valence-corrected chi connectivity index (χ2v) is 5.36. The Bertz CT molecular complexity index is 483. The molecule has 10 heteroatoms. The summed E-state index contributed by atoms with van der Waals surface area (Å²) in [6, 6.07) is 5.72. The van der Waals surface area contributed by atoms with Crippen LogP contribution in [0.15, 0.2) is 30.6 Å². The quantitative estimate of drug-likeness (QED) is 0.662. The Kier molecular flexibility index (Phi) is 7.17. The predicted molar refractivity (Wildman–Crippen MR) is 65.5 cm³/mol. The maximum atomic E-state index is 12.6. The Morgan fingerprint density at radius 2 is 1.62 bits per heavy atom. The molecule has 0 aromatic carbocycles. The molecule has 0 bridgehead atoms. The molecule has 4 nitrogen and oxygen atoms in total. The van der Waals surface area contributed by atoms with Crippen LogP contribution in [-0.4, -0.2) is 35.3 Å². The molecule has 21 heavy (non-hydrogen) atoms. The van der Waals surface area contributed by atoms with Crippen molar-refractivity contribution in [3.8, 4) is 0 Å². The first kappa shape index (κ1) is 19.7. The molecule has 0 fully saturated rings. The lowest BCUT2D eigenvalue weighted by atomic mass is 10.1. The fourth-order valence-corrected chi connectivity index (χ4v) is 1.57. The molecular formula is C11H14F5NO3S. The molecule has 0 saturated carbocycles. The third-order valence-corrected chi connectivity index (χ3v) is 3.13. The molecule has 1 rings (SSSR count). The summed E-state index contributed by atoms with van der Waals surface area (Å²) in [6.07, 6.45) is -0.935. The average molecular weight is 335 g/mol. The first-order valence-electron chi connectivity index (χ1n) is 5.70. The van der Waals surface area contributed by atoms with E-state index in [1.54, 1.807) is 12.4 Å². The average Bonchev–Trinajstić information content (AvgIpc) is 2.40. The van der Waals surface area contributed by atoms with Crippen molar-refractivity contribution < 1.29 is 34.9 Å². The van der Waals surface area contributed by atoms with E-state index in [9.17, 15) is 30.4 Å². The maximum Gasteiger partial charge on any atom is 0.434 e. The lowest BCUT2D eigenvalue weighted by Gasteiger charge is -2.26. The van der Waals surface area contributed by atoms with Crippen LogP contribution in [0.3, 0.4) is 0 Å². The fourth-order valence-electron chi connectivity index (χ4n) is 1.10. The standard InChI is InChI=1S/C6H9F5O3S.C5H5N/c1-2-3-4(7)5(8,9)6(10,11)15(12,13)14;1-2-4-6-5-3-1/h4H,2-3H2,1H3,(H,12,13,14);1-5H. The summed E-state index contributed by atoms with van der Waals surface area (Å²) in [4.78, 5) is 3.78. The Morgan fingerprint density at radius 3 is 1.86 bits per heavy atom. The highest BCUT2D eigenvalue weighted by Crippen LogP contribution is 2.42. The van der Waals surface area contributed by atoms with E-state index in [2.05, 4.69) is 4.98 Å². The van der Waals surface area contributed by atoms with Gasteiger partial charge in [0.05, 0.1) is 0 Å². The van der Waals surface area contributed by atoms with Gasteiger partial charge >= 0.3 is 21.3 Å². The highest BCUT2D eigenvalue weighted by molar-refractivity contribution is 7.87. The molecule has 0 radical (unpaired) electrons. The second-order valence-electron chi connectivity index (χ2n) is 3.90. The molecule has 1 unspecified atom stereocenters. The molecule has 1 aromatic rings. The van der Waals surface area contributed by atoms with E-state index in [1.807, 2.05) is 18.2 Å². The van der Waals surface area contributed by atoms with Gasteiger partial charge in [-0.3, -0.25) is 9.54 Å². The van der Waals surface area contributed by atoms with Gasteiger partial charge in [0.2, 0.25) is 0 Å². The van der Waals surface area contributed by atoms with Gasteiger partial charge in [-0.15, -0.1) is 0 Å². The van der Waals surface area contributed by atoms with E-state index >= 15 is 0 Å². The van der Waals surface area contributed by atoms with Crippen LogP contribution >= 0.6 is 0 Å². The Balaban J connectivity index is 0.000000547. The van der Waals surface area contributed by atoms with Crippen molar-refractivity contribution in [1.82, 2.24) is 4.98 Å². The summed E-state index contributed by atoms with van der Waals surface area (Å²) < 4.78 is 90.5. The summed E-state index contributed by atoms with van der Waals surface area (Å²) in [5.41, 5.74) is 0. The first-order chi connectivity index (χ1) is 9.48.